The van der Waals surface area contributed by atoms with E-state index in [4.69, 9.17) is 9.47 Å². The number of ether oxygens (including phenoxy) is 2. The molecule has 112 valence electrons. The van der Waals surface area contributed by atoms with Crippen molar-refractivity contribution in [2.24, 2.45) is 5.41 Å². The lowest BCUT2D eigenvalue weighted by atomic mass is 9.71. The Balaban J connectivity index is 2.17. The Kier molecular flexibility index (Phi) is 3.35. The summed E-state index contributed by atoms with van der Waals surface area (Å²) in [6, 6.07) is 7.73. The van der Waals surface area contributed by atoms with Crippen molar-refractivity contribution in [3.8, 4) is 0 Å². The molecule has 0 aromatic heterocycles. The first-order valence-corrected chi connectivity index (χ1v) is 7.16. The van der Waals surface area contributed by atoms with Crippen LogP contribution in [0.5, 0.6) is 0 Å². The van der Waals surface area contributed by atoms with Gasteiger partial charge in [0.25, 0.3) is 0 Å². The number of carbonyl (C=O) groups excluding carboxylic acids is 2. The van der Waals surface area contributed by atoms with Gasteiger partial charge in [-0.3, -0.25) is 9.59 Å². The number of carbonyl (C=O) groups is 2. The van der Waals surface area contributed by atoms with E-state index in [1.54, 1.807) is 0 Å². The number of nitrogens with zero attached hydrogens (tertiary/aromatic N) is 1. The molecule has 0 saturated carbocycles. The summed E-state index contributed by atoms with van der Waals surface area (Å²) in [6.07, 6.45) is 2.08. The fraction of sp³-hybridized carbons (Fsp3) is 0.500. The Labute approximate surface area is 123 Å². The second-order valence-electron chi connectivity index (χ2n) is 5.61. The molecule has 0 amide bonds. The number of para-hydroxylation sites is 1. The van der Waals surface area contributed by atoms with Crippen molar-refractivity contribution in [2.75, 3.05) is 25.7 Å². The monoisotopic (exact) mass is 289 g/mol. The van der Waals surface area contributed by atoms with Crippen molar-refractivity contribution in [2.45, 2.75) is 25.3 Å². The Bertz CT molecular complexity index is 567. The number of esters is 2. The highest BCUT2D eigenvalue weighted by Crippen LogP contribution is 2.47. The maximum atomic E-state index is 12.5. The molecule has 1 aromatic rings. The molecule has 0 N–H and O–H groups in total. The molecule has 2 aliphatic rings. The highest BCUT2D eigenvalue weighted by Gasteiger charge is 2.60. The zero-order valence-electron chi connectivity index (χ0n) is 12.3. The normalized spacial score (nSPS) is 22.2. The lowest BCUT2D eigenvalue weighted by Crippen LogP contribution is -2.59. The van der Waals surface area contributed by atoms with Gasteiger partial charge in [0.2, 0.25) is 0 Å². The van der Waals surface area contributed by atoms with Crippen molar-refractivity contribution < 1.29 is 19.1 Å². The molecule has 0 bridgehead atoms. The minimum Gasteiger partial charge on any atom is -0.468 e. The SMILES string of the molecule is COC(=O)C1(C(=O)OC)Cc2ccccc2N2CCCC21. The van der Waals surface area contributed by atoms with Gasteiger partial charge in [-0.15, -0.1) is 0 Å². The number of benzene rings is 1. The molecule has 2 aliphatic heterocycles. The molecule has 5 heteroatoms. The summed E-state index contributed by atoms with van der Waals surface area (Å²) in [5, 5.41) is 0. The van der Waals surface area contributed by atoms with Crippen LogP contribution in [0.25, 0.3) is 0 Å². The number of hydrogen-bond acceptors (Lipinski definition) is 5. The van der Waals surface area contributed by atoms with Gasteiger partial charge < -0.3 is 14.4 Å². The van der Waals surface area contributed by atoms with Crippen molar-refractivity contribution in [1.29, 1.82) is 0 Å². The van der Waals surface area contributed by atoms with Gasteiger partial charge in [0.05, 0.1) is 20.3 Å². The Hall–Kier alpha value is -2.04. The van der Waals surface area contributed by atoms with Crippen LogP contribution in [0.2, 0.25) is 0 Å². The molecule has 21 heavy (non-hydrogen) atoms. The average molecular weight is 289 g/mol. The summed E-state index contributed by atoms with van der Waals surface area (Å²) in [4.78, 5) is 27.1. The zero-order chi connectivity index (χ0) is 15.0. The first kappa shape index (κ1) is 13.9. The first-order chi connectivity index (χ1) is 10.1. The Morgan fingerprint density at radius 1 is 1.19 bits per heavy atom. The van der Waals surface area contributed by atoms with Crippen LogP contribution >= 0.6 is 0 Å². The van der Waals surface area contributed by atoms with Gasteiger partial charge in [-0.05, 0) is 24.5 Å². The lowest BCUT2D eigenvalue weighted by Gasteiger charge is -2.44. The van der Waals surface area contributed by atoms with Gasteiger partial charge in [-0.2, -0.15) is 0 Å². The Morgan fingerprint density at radius 3 is 2.52 bits per heavy atom. The largest absolute Gasteiger partial charge is 0.468 e. The number of methoxy groups -OCH3 is 2. The average Bonchev–Trinajstić information content (AvgIpc) is 3.02. The summed E-state index contributed by atoms with van der Waals surface area (Å²) >= 11 is 0. The molecule has 1 unspecified atom stereocenters. The number of fused-ring (bicyclic) bond motifs is 3. The van der Waals surface area contributed by atoms with Crippen LogP contribution in [-0.2, 0) is 25.5 Å². The highest BCUT2D eigenvalue weighted by atomic mass is 16.5. The van der Waals surface area contributed by atoms with Gasteiger partial charge in [-0.1, -0.05) is 18.2 Å². The van der Waals surface area contributed by atoms with Gasteiger partial charge in [-0.25, -0.2) is 0 Å². The van der Waals surface area contributed by atoms with Crippen molar-refractivity contribution in [1.82, 2.24) is 0 Å². The molecular weight excluding hydrogens is 270 g/mol. The van der Waals surface area contributed by atoms with E-state index in [1.165, 1.54) is 14.2 Å². The number of hydrogen-bond donors (Lipinski definition) is 0. The minimum atomic E-state index is -1.26. The van der Waals surface area contributed by atoms with Crippen LogP contribution in [-0.4, -0.2) is 38.7 Å². The van der Waals surface area contributed by atoms with E-state index in [0.29, 0.717) is 6.42 Å². The van der Waals surface area contributed by atoms with Gasteiger partial charge >= 0.3 is 11.9 Å². The van der Waals surface area contributed by atoms with Crippen molar-refractivity contribution >= 4 is 17.6 Å². The van der Waals surface area contributed by atoms with E-state index < -0.39 is 17.4 Å². The summed E-state index contributed by atoms with van der Waals surface area (Å²) < 4.78 is 9.95. The fourth-order valence-corrected chi connectivity index (χ4v) is 3.79. The van der Waals surface area contributed by atoms with Crippen LogP contribution in [0.1, 0.15) is 18.4 Å². The molecule has 0 aliphatic carbocycles. The molecule has 1 saturated heterocycles. The molecule has 0 radical (unpaired) electrons. The highest BCUT2D eigenvalue weighted by molar-refractivity contribution is 6.02. The van der Waals surface area contributed by atoms with Crippen LogP contribution in [0.15, 0.2) is 24.3 Å². The van der Waals surface area contributed by atoms with E-state index in [2.05, 4.69) is 4.90 Å². The van der Waals surface area contributed by atoms with Crippen LogP contribution < -0.4 is 4.90 Å². The summed E-state index contributed by atoms with van der Waals surface area (Å²) in [7, 11) is 2.65. The number of anilines is 1. The fourth-order valence-electron chi connectivity index (χ4n) is 3.79. The van der Waals surface area contributed by atoms with Gasteiger partial charge in [0.15, 0.2) is 5.41 Å². The summed E-state index contributed by atoms with van der Waals surface area (Å²) in [5.74, 6) is -0.999. The van der Waals surface area contributed by atoms with E-state index >= 15 is 0 Å². The van der Waals surface area contributed by atoms with Gasteiger partial charge in [0.1, 0.15) is 0 Å². The smallest absolute Gasteiger partial charge is 0.325 e. The third-order valence-electron chi connectivity index (χ3n) is 4.69. The van der Waals surface area contributed by atoms with E-state index in [0.717, 1.165) is 30.6 Å². The Morgan fingerprint density at radius 2 is 1.86 bits per heavy atom. The predicted molar refractivity (Wildman–Crippen MR) is 77.0 cm³/mol. The van der Waals surface area contributed by atoms with Crippen molar-refractivity contribution in [3.05, 3.63) is 29.8 Å². The molecule has 1 fully saturated rings. The predicted octanol–water partition coefficient (Wildman–Crippen LogP) is 1.54. The molecule has 0 spiro atoms. The van der Waals surface area contributed by atoms with Crippen LogP contribution in [0, 0.1) is 5.41 Å². The third kappa shape index (κ3) is 1.83. The molecule has 1 atom stereocenters. The van der Waals surface area contributed by atoms with E-state index in [1.807, 2.05) is 24.3 Å². The van der Waals surface area contributed by atoms with E-state index in [-0.39, 0.29) is 6.04 Å². The molecule has 3 rings (SSSR count). The maximum Gasteiger partial charge on any atom is 0.325 e. The molecule has 2 heterocycles. The maximum absolute atomic E-state index is 12.5. The summed E-state index contributed by atoms with van der Waals surface area (Å²) in [6.45, 7) is 0.845. The second-order valence-corrected chi connectivity index (χ2v) is 5.61. The standard InChI is InChI=1S/C16H19NO4/c1-20-14(18)16(15(19)21-2)10-11-6-3-4-7-12(11)17-9-5-8-13(16)17/h3-4,6-7,13H,5,8-10H2,1-2H3. The second kappa shape index (κ2) is 5.06. The minimum absolute atomic E-state index is 0.188. The van der Waals surface area contributed by atoms with Crippen LogP contribution in [0.4, 0.5) is 5.69 Å². The first-order valence-electron chi connectivity index (χ1n) is 7.16. The summed E-state index contributed by atoms with van der Waals surface area (Å²) in [5.41, 5.74) is 0.851. The third-order valence-corrected chi connectivity index (χ3v) is 4.69. The zero-order valence-corrected chi connectivity index (χ0v) is 12.3. The van der Waals surface area contributed by atoms with Gasteiger partial charge in [0, 0.05) is 18.7 Å². The topological polar surface area (TPSA) is 55.8 Å². The molecular formula is C16H19NO4. The van der Waals surface area contributed by atoms with Crippen molar-refractivity contribution in [3.63, 3.8) is 0 Å². The van der Waals surface area contributed by atoms with E-state index in [9.17, 15) is 9.59 Å². The quantitative estimate of drug-likeness (QED) is 0.610. The molecule has 1 aromatic carbocycles. The molecule has 5 nitrogen and oxygen atoms in total. The van der Waals surface area contributed by atoms with Crippen LogP contribution in [0.3, 0.4) is 0 Å². The lowest BCUT2D eigenvalue weighted by molar-refractivity contribution is -0.171. The number of rotatable bonds is 2.